The number of esters is 1. The lowest BCUT2D eigenvalue weighted by Gasteiger charge is -2.28. The molecule has 0 radical (unpaired) electrons. The molecule has 1 aliphatic rings. The van der Waals surface area contributed by atoms with Gasteiger partial charge in [0.2, 0.25) is 0 Å². The van der Waals surface area contributed by atoms with Crippen LogP contribution in [0.4, 0.5) is 16.2 Å². The van der Waals surface area contributed by atoms with Crippen LogP contribution in [0.2, 0.25) is 0 Å². The highest BCUT2D eigenvalue weighted by Gasteiger charge is 2.33. The summed E-state index contributed by atoms with van der Waals surface area (Å²) < 4.78 is 17.0. The summed E-state index contributed by atoms with van der Waals surface area (Å²) in [6.45, 7) is 17.0. The fourth-order valence-corrected chi connectivity index (χ4v) is 7.84. The third-order valence-electron chi connectivity index (χ3n) is 10.8. The molecule has 2 N–H and O–H groups in total. The number of rotatable bonds is 13. The monoisotopic (exact) mass is 959 g/mol. The first-order valence-corrected chi connectivity index (χ1v) is 23.1. The first-order valence-electron chi connectivity index (χ1n) is 23.1. The number of carbonyl (C=O) groups excluding carboxylic acids is 2. The molecule has 23 heteroatoms. The molecule has 1 atom stereocenters. The molecule has 364 valence electrons. The highest BCUT2D eigenvalue weighted by atomic mass is 16.6. The molecule has 71 heavy (non-hydrogen) atoms. The Kier molecular flexibility index (Phi) is 14.2. The molecule has 1 saturated heterocycles. The number of pyridine rings is 4. The van der Waals surface area contributed by atoms with Gasteiger partial charge in [-0.25, -0.2) is 34.1 Å². The van der Waals surface area contributed by atoms with E-state index in [1.54, 1.807) is 69.0 Å². The van der Waals surface area contributed by atoms with Crippen LogP contribution in [0.1, 0.15) is 79.4 Å². The first kappa shape index (κ1) is 48.6. The zero-order valence-electron chi connectivity index (χ0n) is 40.6. The number of hydrogen-bond donors (Lipinski definition) is 2. The molecule has 0 saturated carbocycles. The molecule has 9 heterocycles. The van der Waals surface area contributed by atoms with Crippen LogP contribution in [0, 0.1) is 22.7 Å². The van der Waals surface area contributed by atoms with Gasteiger partial charge in [-0.3, -0.25) is 4.79 Å². The molecule has 0 bridgehead atoms. The number of anilines is 2. The van der Waals surface area contributed by atoms with Crippen molar-refractivity contribution in [1.29, 1.82) is 10.5 Å². The van der Waals surface area contributed by atoms with Crippen molar-refractivity contribution < 1.29 is 19.1 Å². The predicted octanol–water partition coefficient (Wildman–Crippen LogP) is 6.49. The van der Waals surface area contributed by atoms with E-state index in [1.165, 1.54) is 17.1 Å². The number of likely N-dealkylation sites (tertiary alicyclic amines) is 1. The van der Waals surface area contributed by atoms with E-state index in [1.807, 2.05) is 52.9 Å². The second-order valence-corrected chi connectivity index (χ2v) is 18.3. The SMILES string of the molecule is CC(C)Nc1cc(-n2ncc3cc(C#N)cnc32)ncc1-c1cn(C[C@H]2CCCN2C(=O)OC(C)(C)C)nn1.CCOC(=O)Cn1cc(-c2cnc(-n3ncc4cc(C#N)cnc43)cc2NC(C)C)nn1. The lowest BCUT2D eigenvalue weighted by atomic mass is 10.1. The van der Waals surface area contributed by atoms with E-state index in [9.17, 15) is 9.59 Å². The van der Waals surface area contributed by atoms with Crippen molar-refractivity contribution in [2.24, 2.45) is 0 Å². The molecule has 0 aliphatic carbocycles. The van der Waals surface area contributed by atoms with Crippen molar-refractivity contribution >= 4 is 45.5 Å². The highest BCUT2D eigenvalue weighted by molar-refractivity contribution is 5.81. The minimum Gasteiger partial charge on any atom is -0.465 e. The minimum atomic E-state index is -0.540. The van der Waals surface area contributed by atoms with Crippen molar-refractivity contribution in [2.75, 3.05) is 23.8 Å². The summed E-state index contributed by atoms with van der Waals surface area (Å²) in [6.07, 6.45) is 14.8. The fraction of sp³-hybridized carbons (Fsp3) is 0.375. The molecule has 1 amide bonds. The van der Waals surface area contributed by atoms with E-state index in [4.69, 9.17) is 20.0 Å². The third-order valence-corrected chi connectivity index (χ3v) is 10.8. The average molecular weight is 960 g/mol. The van der Waals surface area contributed by atoms with Crippen molar-refractivity contribution in [3.05, 3.63) is 85.0 Å². The summed E-state index contributed by atoms with van der Waals surface area (Å²) in [5.74, 6) is 0.763. The first-order chi connectivity index (χ1) is 34.1. The molecule has 8 aromatic rings. The van der Waals surface area contributed by atoms with Crippen LogP contribution < -0.4 is 10.6 Å². The topological polar surface area (TPSA) is 276 Å². The molecule has 0 unspecified atom stereocenters. The van der Waals surface area contributed by atoms with E-state index in [0.717, 1.165) is 46.1 Å². The summed E-state index contributed by atoms with van der Waals surface area (Å²) in [6, 6.07) is 11.7. The molecule has 23 nitrogen and oxygen atoms in total. The zero-order chi connectivity index (χ0) is 50.4. The smallest absolute Gasteiger partial charge is 0.410 e. The Morgan fingerprint density at radius 2 is 1.27 bits per heavy atom. The van der Waals surface area contributed by atoms with Crippen molar-refractivity contribution in [2.45, 2.75) is 105 Å². The van der Waals surface area contributed by atoms with Gasteiger partial charge in [-0.05, 0) is 80.4 Å². The van der Waals surface area contributed by atoms with Gasteiger partial charge in [0.1, 0.15) is 35.7 Å². The largest absolute Gasteiger partial charge is 0.465 e. The van der Waals surface area contributed by atoms with Crippen LogP contribution in [0.15, 0.2) is 73.8 Å². The number of nitrogens with zero attached hydrogens (tertiary/aromatic N) is 17. The number of nitriles is 2. The van der Waals surface area contributed by atoms with Crippen LogP contribution in [-0.4, -0.2) is 123 Å². The van der Waals surface area contributed by atoms with E-state index in [2.05, 4.69) is 87.4 Å². The summed E-state index contributed by atoms with van der Waals surface area (Å²) in [5, 5.41) is 52.4. The molecular weight excluding hydrogens is 907 g/mol. The van der Waals surface area contributed by atoms with Gasteiger partial charge >= 0.3 is 12.1 Å². The Morgan fingerprint density at radius 1 is 0.746 bits per heavy atom. The second kappa shape index (κ2) is 20.8. The molecule has 0 aromatic carbocycles. The van der Waals surface area contributed by atoms with Crippen LogP contribution in [0.25, 0.3) is 56.2 Å². The fourth-order valence-electron chi connectivity index (χ4n) is 7.84. The number of nitrogens with one attached hydrogen (secondary N) is 2. The normalized spacial score (nSPS) is 13.5. The zero-order valence-corrected chi connectivity index (χ0v) is 40.6. The Hall–Kier alpha value is -8.86. The number of aromatic nitrogens is 14. The van der Waals surface area contributed by atoms with Gasteiger partial charge in [-0.2, -0.15) is 30.1 Å². The molecule has 9 rings (SSSR count). The number of carbonyl (C=O) groups is 2. The molecule has 0 spiro atoms. The third kappa shape index (κ3) is 11.4. The van der Waals surface area contributed by atoms with Crippen LogP contribution in [-0.2, 0) is 27.4 Å². The van der Waals surface area contributed by atoms with Crippen molar-refractivity contribution in [1.82, 2.24) is 74.4 Å². The summed E-state index contributed by atoms with van der Waals surface area (Å²) in [7, 11) is 0. The number of amides is 1. The minimum absolute atomic E-state index is 0.00898. The number of fused-ring (bicyclic) bond motifs is 2. The van der Waals surface area contributed by atoms with Crippen molar-refractivity contribution in [3.8, 4) is 46.3 Å². The Balaban J connectivity index is 0.000000194. The maximum atomic E-state index is 12.7. The van der Waals surface area contributed by atoms with E-state index >= 15 is 0 Å². The summed E-state index contributed by atoms with van der Waals surface area (Å²) in [4.78, 5) is 44.2. The maximum absolute atomic E-state index is 12.7. The number of ether oxygens (including phenoxy) is 2. The van der Waals surface area contributed by atoms with Gasteiger partial charge < -0.3 is 25.0 Å². The van der Waals surface area contributed by atoms with Gasteiger partial charge in [0, 0.05) is 88.8 Å². The predicted molar refractivity (Wildman–Crippen MR) is 261 cm³/mol. The second-order valence-electron chi connectivity index (χ2n) is 18.3. The van der Waals surface area contributed by atoms with Gasteiger partial charge in [-0.15, -0.1) is 10.2 Å². The highest BCUT2D eigenvalue weighted by Crippen LogP contribution is 2.31. The van der Waals surface area contributed by atoms with Gasteiger partial charge in [0.15, 0.2) is 22.9 Å². The van der Waals surface area contributed by atoms with E-state index < -0.39 is 5.60 Å². The summed E-state index contributed by atoms with van der Waals surface area (Å²) in [5.41, 5.74) is 5.99. The number of hydrogen-bond acceptors (Lipinski definition) is 18. The van der Waals surface area contributed by atoms with Crippen LogP contribution in [0.3, 0.4) is 0 Å². The standard InChI is InChI=1S/C27H32N10O2.C21H21N9O2/c1-17(2)32-22-10-24(37-25-19(13-31-37)9-18(11-28)12-30-25)29-14-21(22)23-16-35(34-33-23)15-20-7-6-8-36(20)26(38)39-27(3,4)5;1-4-32-20(31)12-29-11-18(27-28-29)16-10-23-19(6-17(16)26-13(2)3)30-21-15(9-25-30)5-14(7-22)8-24-21/h9-10,12-14,16-17,20H,6-8,15H2,1-5H3,(H,29,32);5-6,8-11,13H,4,12H2,1-3H3,(H,23,26)/t20-;/m1./s1. The Labute approximate surface area is 408 Å². The molecule has 1 aliphatic heterocycles. The summed E-state index contributed by atoms with van der Waals surface area (Å²) >= 11 is 0. The molecular formula is C48H53N19O4. The average Bonchev–Trinajstić information content (AvgIpc) is 4.20. The quantitative estimate of drug-likeness (QED) is 0.117. The molecule has 8 aromatic heterocycles. The van der Waals surface area contributed by atoms with E-state index in [0.29, 0.717) is 65.1 Å². The Morgan fingerprint density at radius 3 is 1.76 bits per heavy atom. The Bertz CT molecular complexity index is 3290. The van der Waals surface area contributed by atoms with Gasteiger partial charge in [0.05, 0.1) is 55.1 Å². The molecule has 1 fully saturated rings. The van der Waals surface area contributed by atoms with Gasteiger partial charge in [-0.1, -0.05) is 10.4 Å². The lowest BCUT2D eigenvalue weighted by Crippen LogP contribution is -2.41. The lowest BCUT2D eigenvalue weighted by molar-refractivity contribution is -0.144. The van der Waals surface area contributed by atoms with E-state index in [-0.39, 0.29) is 36.7 Å². The van der Waals surface area contributed by atoms with Crippen LogP contribution in [0.5, 0.6) is 0 Å². The van der Waals surface area contributed by atoms with Gasteiger partial charge in [0.25, 0.3) is 0 Å². The van der Waals surface area contributed by atoms with Crippen LogP contribution >= 0.6 is 0 Å². The van der Waals surface area contributed by atoms with Crippen molar-refractivity contribution in [3.63, 3.8) is 0 Å². The maximum Gasteiger partial charge on any atom is 0.410 e.